The van der Waals surface area contributed by atoms with Gasteiger partial charge in [-0.05, 0) is 62.6 Å². The number of anilines is 1. The van der Waals surface area contributed by atoms with Crippen LogP contribution in [0.2, 0.25) is 0 Å². The maximum absolute atomic E-state index is 13.7. The minimum atomic E-state index is -1.03. The number of amides is 2. The lowest BCUT2D eigenvalue weighted by atomic mass is 9.67. The van der Waals surface area contributed by atoms with Crippen molar-refractivity contribution in [3.8, 4) is 11.5 Å². The summed E-state index contributed by atoms with van der Waals surface area (Å²) < 4.78 is 11.9. The van der Waals surface area contributed by atoms with E-state index in [1.807, 2.05) is 29.2 Å². The van der Waals surface area contributed by atoms with Crippen LogP contribution < -0.4 is 20.1 Å². The van der Waals surface area contributed by atoms with E-state index in [0.29, 0.717) is 32.5 Å². The number of ether oxygens (including phenoxy) is 2. The van der Waals surface area contributed by atoms with Gasteiger partial charge in [-0.25, -0.2) is 0 Å². The maximum atomic E-state index is 13.7. The molecule has 1 atom stereocenters. The summed E-state index contributed by atoms with van der Waals surface area (Å²) in [5.41, 5.74) is 6.94. The summed E-state index contributed by atoms with van der Waals surface area (Å²) in [7, 11) is 1.67. The summed E-state index contributed by atoms with van der Waals surface area (Å²) >= 11 is 0. The second-order valence-electron chi connectivity index (χ2n) is 10.4. The van der Waals surface area contributed by atoms with Gasteiger partial charge in [0.2, 0.25) is 11.8 Å². The van der Waals surface area contributed by atoms with Crippen molar-refractivity contribution in [1.82, 2.24) is 4.90 Å². The molecule has 0 spiro atoms. The molecule has 1 saturated heterocycles. The quantitative estimate of drug-likeness (QED) is 0.566. The average molecular weight is 492 g/mol. The normalized spacial score (nSPS) is 21.6. The molecule has 7 heteroatoms. The number of carbonyl (C=O) groups is 2. The molecule has 2 aliphatic carbocycles. The Balaban J connectivity index is 1.39. The van der Waals surface area contributed by atoms with E-state index in [1.54, 1.807) is 7.11 Å². The van der Waals surface area contributed by atoms with Crippen molar-refractivity contribution in [2.24, 2.45) is 11.1 Å². The number of piperazine rings is 1. The molecular weight excluding hydrogens is 454 g/mol. The largest absolute Gasteiger partial charge is 0.493 e. The van der Waals surface area contributed by atoms with Crippen molar-refractivity contribution in [3.05, 3.63) is 54.1 Å². The lowest BCUT2D eigenvalue weighted by Crippen LogP contribution is -2.63. The molecule has 2 aromatic carbocycles. The maximum Gasteiger partial charge on any atom is 0.238 e. The van der Waals surface area contributed by atoms with E-state index in [1.165, 1.54) is 18.4 Å². The van der Waals surface area contributed by atoms with E-state index in [4.69, 9.17) is 15.2 Å². The van der Waals surface area contributed by atoms with Crippen LogP contribution in [0, 0.1) is 5.41 Å². The number of nitrogens with zero attached hydrogens (tertiary/aromatic N) is 2. The predicted molar refractivity (Wildman–Crippen MR) is 139 cm³/mol. The molecule has 2 N–H and O–H groups in total. The molecule has 1 heterocycles. The topological polar surface area (TPSA) is 85.1 Å². The number of rotatable bonds is 8. The van der Waals surface area contributed by atoms with E-state index in [-0.39, 0.29) is 18.1 Å². The molecule has 5 rings (SSSR count). The fourth-order valence-electron chi connectivity index (χ4n) is 5.93. The van der Waals surface area contributed by atoms with Crippen LogP contribution >= 0.6 is 0 Å². The van der Waals surface area contributed by atoms with Crippen molar-refractivity contribution in [1.29, 1.82) is 0 Å². The van der Waals surface area contributed by atoms with E-state index in [0.717, 1.165) is 42.9 Å². The molecule has 0 unspecified atom stereocenters. The van der Waals surface area contributed by atoms with Gasteiger partial charge in [-0.3, -0.25) is 9.59 Å². The van der Waals surface area contributed by atoms with Crippen LogP contribution in [-0.2, 0) is 16.0 Å². The van der Waals surface area contributed by atoms with E-state index in [9.17, 15) is 9.59 Å². The Hall–Kier alpha value is -3.22. The summed E-state index contributed by atoms with van der Waals surface area (Å²) in [6.45, 7) is 1.90. The summed E-state index contributed by atoms with van der Waals surface area (Å²) in [5, 5.41) is 0. The zero-order valence-corrected chi connectivity index (χ0v) is 21.2. The molecule has 2 amide bonds. The third-order valence-electron chi connectivity index (χ3n) is 8.25. The Kier molecular flexibility index (Phi) is 7.08. The van der Waals surface area contributed by atoms with Crippen LogP contribution in [0.4, 0.5) is 5.69 Å². The Morgan fingerprint density at radius 3 is 2.39 bits per heavy atom. The lowest BCUT2D eigenvalue weighted by Gasteiger charge is -2.48. The zero-order chi connectivity index (χ0) is 25.1. The number of methoxy groups -OCH3 is 1. The smallest absolute Gasteiger partial charge is 0.238 e. The van der Waals surface area contributed by atoms with Crippen LogP contribution in [0.5, 0.6) is 11.5 Å². The third kappa shape index (κ3) is 4.75. The van der Waals surface area contributed by atoms with Gasteiger partial charge >= 0.3 is 0 Å². The Labute approximate surface area is 213 Å². The first-order valence-corrected chi connectivity index (χ1v) is 13.2. The van der Waals surface area contributed by atoms with Crippen molar-refractivity contribution in [3.63, 3.8) is 0 Å². The van der Waals surface area contributed by atoms with Crippen LogP contribution in [-0.4, -0.2) is 55.6 Å². The number of benzene rings is 2. The number of nitrogens with two attached hydrogens (primary N) is 1. The molecule has 1 aliphatic heterocycles. The molecule has 2 aromatic rings. The molecule has 0 bridgehead atoms. The second-order valence-corrected chi connectivity index (χ2v) is 10.4. The first-order valence-electron chi connectivity index (χ1n) is 13.2. The lowest BCUT2D eigenvalue weighted by molar-refractivity contribution is -0.157. The standard InChI is InChI=1S/C29H37N3O4/c1-35-25-13-12-22(19-26(25)36-24-10-5-6-11-24)31-16-17-32(28(34)29(27(30)33)14-7-15-29)23(20-31)18-21-8-3-2-4-9-21/h2-4,8-9,12-13,19,23-24H,5-7,10-11,14-18,20H2,1H3,(H2,30,33)/t23-/m0/s1. The van der Waals surface area contributed by atoms with E-state index < -0.39 is 11.3 Å². The summed E-state index contributed by atoms with van der Waals surface area (Å²) in [6, 6.07) is 16.3. The molecule has 0 radical (unpaired) electrons. The van der Waals surface area contributed by atoms with Crippen molar-refractivity contribution >= 4 is 17.5 Å². The third-order valence-corrected chi connectivity index (χ3v) is 8.25. The van der Waals surface area contributed by atoms with E-state index in [2.05, 4.69) is 29.2 Å². The number of primary amides is 1. The van der Waals surface area contributed by atoms with Gasteiger partial charge in [0.25, 0.3) is 0 Å². The summed E-state index contributed by atoms with van der Waals surface area (Å²) in [5.74, 6) is 0.946. The Bertz CT molecular complexity index is 1080. The van der Waals surface area contributed by atoms with Gasteiger partial charge in [0.1, 0.15) is 5.41 Å². The van der Waals surface area contributed by atoms with Gasteiger partial charge in [-0.15, -0.1) is 0 Å². The minimum absolute atomic E-state index is 0.0632. The Morgan fingerprint density at radius 1 is 1.00 bits per heavy atom. The predicted octanol–water partition coefficient (Wildman–Crippen LogP) is 3.93. The monoisotopic (exact) mass is 491 g/mol. The highest BCUT2D eigenvalue weighted by atomic mass is 16.5. The van der Waals surface area contributed by atoms with E-state index >= 15 is 0 Å². The van der Waals surface area contributed by atoms with Gasteiger partial charge in [-0.2, -0.15) is 0 Å². The highest BCUT2D eigenvalue weighted by Crippen LogP contribution is 2.43. The molecule has 0 aromatic heterocycles. The minimum Gasteiger partial charge on any atom is -0.493 e. The summed E-state index contributed by atoms with van der Waals surface area (Å²) in [4.78, 5) is 30.2. The number of hydrogen-bond acceptors (Lipinski definition) is 5. The van der Waals surface area contributed by atoms with Crippen LogP contribution in [0.3, 0.4) is 0 Å². The van der Waals surface area contributed by atoms with Crippen LogP contribution in [0.1, 0.15) is 50.5 Å². The van der Waals surface area contributed by atoms with Gasteiger partial charge in [0.05, 0.1) is 19.3 Å². The highest BCUT2D eigenvalue weighted by molar-refractivity contribution is 6.05. The second kappa shape index (κ2) is 10.4. The van der Waals surface area contributed by atoms with Gasteiger partial charge in [0.15, 0.2) is 11.5 Å². The fraction of sp³-hybridized carbons (Fsp3) is 0.517. The highest BCUT2D eigenvalue weighted by Gasteiger charge is 2.52. The van der Waals surface area contributed by atoms with Gasteiger partial charge in [-0.1, -0.05) is 36.8 Å². The van der Waals surface area contributed by atoms with Gasteiger partial charge < -0.3 is 25.0 Å². The Morgan fingerprint density at radius 2 is 1.75 bits per heavy atom. The molecule has 192 valence electrons. The molecule has 36 heavy (non-hydrogen) atoms. The molecule has 7 nitrogen and oxygen atoms in total. The van der Waals surface area contributed by atoms with Crippen molar-refractivity contribution in [2.75, 3.05) is 31.6 Å². The zero-order valence-electron chi connectivity index (χ0n) is 21.2. The van der Waals surface area contributed by atoms with Crippen LogP contribution in [0.25, 0.3) is 0 Å². The fourth-order valence-corrected chi connectivity index (χ4v) is 5.93. The summed E-state index contributed by atoms with van der Waals surface area (Å²) in [6.07, 6.45) is 7.51. The molecule has 3 aliphatic rings. The average Bonchev–Trinajstić information content (AvgIpc) is 3.37. The molecular formula is C29H37N3O4. The van der Waals surface area contributed by atoms with Crippen molar-refractivity contribution < 1.29 is 19.1 Å². The van der Waals surface area contributed by atoms with Crippen LogP contribution in [0.15, 0.2) is 48.5 Å². The number of hydrogen-bond donors (Lipinski definition) is 1. The first-order chi connectivity index (χ1) is 17.5. The molecule has 2 saturated carbocycles. The SMILES string of the molecule is COc1ccc(N2CCN(C(=O)C3(C(N)=O)CCC3)[C@@H](Cc3ccccc3)C2)cc1OC1CCCC1. The molecule has 3 fully saturated rings. The number of carbonyl (C=O) groups excluding carboxylic acids is 2. The van der Waals surface area contributed by atoms with Crippen molar-refractivity contribution in [2.45, 2.75) is 63.5 Å². The van der Waals surface area contributed by atoms with Gasteiger partial charge in [0, 0.05) is 31.4 Å². The first kappa shape index (κ1) is 24.5.